The number of rotatable bonds is 3. The van der Waals surface area contributed by atoms with Gasteiger partial charge in [-0.05, 0) is 38.6 Å². The summed E-state index contributed by atoms with van der Waals surface area (Å²) in [5.74, 6) is 0. The summed E-state index contributed by atoms with van der Waals surface area (Å²) in [6, 6.07) is 6.64. The van der Waals surface area contributed by atoms with Crippen molar-refractivity contribution < 1.29 is 4.65 Å². The third-order valence-corrected chi connectivity index (χ3v) is 3.99. The molecule has 1 aromatic carbocycles. The van der Waals surface area contributed by atoms with Crippen LogP contribution in [0.5, 0.6) is 0 Å². The third-order valence-electron chi connectivity index (χ3n) is 3.99. The molecule has 0 aliphatic carbocycles. The topological polar surface area (TPSA) is 9.23 Å². The fraction of sp³-hybridized carbons (Fsp3) is 0.625. The Balaban J connectivity index is 2.92. The van der Waals surface area contributed by atoms with Crippen LogP contribution < -0.4 is 5.46 Å². The van der Waals surface area contributed by atoms with Gasteiger partial charge in [0.25, 0.3) is 0 Å². The van der Waals surface area contributed by atoms with Crippen LogP contribution in [0.2, 0.25) is 6.82 Å². The number of hydrogen-bond donors (Lipinski definition) is 0. The zero-order valence-electron chi connectivity index (χ0n) is 13.2. The molecule has 18 heavy (non-hydrogen) atoms. The van der Waals surface area contributed by atoms with E-state index in [-0.39, 0.29) is 17.9 Å². The largest absolute Gasteiger partial charge is 0.426 e. The maximum atomic E-state index is 6.30. The maximum absolute atomic E-state index is 6.30. The lowest BCUT2D eigenvalue weighted by Gasteiger charge is -2.41. The third kappa shape index (κ3) is 3.62. The molecule has 0 amide bonds. The molecule has 2 heteroatoms. The van der Waals surface area contributed by atoms with Crippen molar-refractivity contribution in [2.75, 3.05) is 0 Å². The van der Waals surface area contributed by atoms with E-state index in [0.29, 0.717) is 0 Å². The standard InChI is InChI=1S/C16H27BO/c1-12-9-13(2)11-14(10-12)17(8)18-16(6,7)15(3,4)5/h9-11H,1-8H3. The summed E-state index contributed by atoms with van der Waals surface area (Å²) in [5, 5.41) is 0. The van der Waals surface area contributed by atoms with E-state index >= 15 is 0 Å². The van der Waals surface area contributed by atoms with Crippen LogP contribution in [0, 0.1) is 19.3 Å². The van der Waals surface area contributed by atoms with E-state index in [1.54, 1.807) is 0 Å². The quantitative estimate of drug-likeness (QED) is 0.733. The predicted octanol–water partition coefficient (Wildman–Crippen LogP) is 3.97. The smallest absolute Gasteiger partial charge is 0.324 e. The first-order valence-corrected chi connectivity index (χ1v) is 6.79. The molecule has 0 fully saturated rings. The minimum absolute atomic E-state index is 0.123. The molecule has 0 heterocycles. The monoisotopic (exact) mass is 246 g/mol. The highest BCUT2D eigenvalue weighted by atomic mass is 16.5. The lowest BCUT2D eigenvalue weighted by molar-refractivity contribution is 0.000446. The number of hydrogen-bond acceptors (Lipinski definition) is 1. The molecule has 0 unspecified atom stereocenters. The van der Waals surface area contributed by atoms with E-state index in [9.17, 15) is 0 Å². The van der Waals surface area contributed by atoms with Gasteiger partial charge in [0.15, 0.2) is 0 Å². The van der Waals surface area contributed by atoms with Crippen LogP contribution in [0.3, 0.4) is 0 Å². The Kier molecular flexibility index (Phi) is 4.32. The van der Waals surface area contributed by atoms with Gasteiger partial charge in [-0.2, -0.15) is 0 Å². The summed E-state index contributed by atoms with van der Waals surface area (Å²) < 4.78 is 6.30. The second kappa shape index (κ2) is 5.09. The summed E-state index contributed by atoms with van der Waals surface area (Å²) in [6.07, 6.45) is 0. The highest BCUT2D eigenvalue weighted by Gasteiger charge is 2.35. The van der Waals surface area contributed by atoms with Crippen molar-refractivity contribution in [2.45, 2.75) is 60.9 Å². The molecule has 0 saturated heterocycles. The summed E-state index contributed by atoms with van der Waals surface area (Å²) in [6.45, 7) is 17.6. The van der Waals surface area contributed by atoms with Crippen LogP contribution in [-0.4, -0.2) is 12.5 Å². The Bertz CT molecular complexity index is 395. The Morgan fingerprint density at radius 3 is 1.72 bits per heavy atom. The molecule has 1 rings (SSSR count). The van der Waals surface area contributed by atoms with Gasteiger partial charge in [0, 0.05) is 0 Å². The van der Waals surface area contributed by atoms with Crippen molar-refractivity contribution in [1.29, 1.82) is 0 Å². The first kappa shape index (κ1) is 15.3. The molecule has 0 aromatic heterocycles. The van der Waals surface area contributed by atoms with E-state index in [1.165, 1.54) is 16.6 Å². The molecule has 1 nitrogen and oxygen atoms in total. The normalized spacial score (nSPS) is 12.7. The molecule has 1 aromatic rings. The van der Waals surface area contributed by atoms with Gasteiger partial charge >= 0.3 is 6.92 Å². The highest BCUT2D eigenvalue weighted by molar-refractivity contribution is 6.66. The number of aryl methyl sites for hydroxylation is 2. The van der Waals surface area contributed by atoms with Crippen LogP contribution in [0.25, 0.3) is 0 Å². The van der Waals surface area contributed by atoms with E-state index in [2.05, 4.69) is 73.5 Å². The van der Waals surface area contributed by atoms with Crippen LogP contribution in [0.1, 0.15) is 45.7 Å². The molecule has 0 saturated carbocycles. The predicted molar refractivity (Wildman–Crippen MR) is 81.8 cm³/mol. The Morgan fingerprint density at radius 2 is 1.33 bits per heavy atom. The molecular formula is C16H27BO. The molecule has 0 radical (unpaired) electrons. The average Bonchev–Trinajstić information content (AvgIpc) is 2.13. The van der Waals surface area contributed by atoms with Crippen molar-refractivity contribution in [3.63, 3.8) is 0 Å². The van der Waals surface area contributed by atoms with E-state index in [1.807, 2.05) is 0 Å². The summed E-state index contributed by atoms with van der Waals surface area (Å²) in [7, 11) is 0. The second-order valence-electron chi connectivity index (χ2n) is 6.94. The van der Waals surface area contributed by atoms with Crippen molar-refractivity contribution >= 4 is 12.4 Å². The molecule has 0 aliphatic heterocycles. The number of benzene rings is 1. The lowest BCUT2D eigenvalue weighted by atomic mass is 9.61. The zero-order valence-corrected chi connectivity index (χ0v) is 13.2. The van der Waals surface area contributed by atoms with Crippen LogP contribution in [0.15, 0.2) is 18.2 Å². The van der Waals surface area contributed by atoms with Crippen molar-refractivity contribution in [2.24, 2.45) is 5.41 Å². The van der Waals surface area contributed by atoms with Gasteiger partial charge in [-0.25, -0.2) is 0 Å². The molecule has 0 bridgehead atoms. The minimum Gasteiger partial charge on any atom is -0.426 e. The van der Waals surface area contributed by atoms with Gasteiger partial charge in [-0.3, -0.25) is 0 Å². The van der Waals surface area contributed by atoms with Gasteiger partial charge in [0.2, 0.25) is 0 Å². The van der Waals surface area contributed by atoms with Crippen molar-refractivity contribution in [1.82, 2.24) is 0 Å². The fourth-order valence-electron chi connectivity index (χ4n) is 1.93. The van der Waals surface area contributed by atoms with Gasteiger partial charge < -0.3 is 4.65 Å². The molecule has 0 N–H and O–H groups in total. The Labute approximate surface area is 113 Å². The summed E-state index contributed by atoms with van der Waals surface area (Å²) in [5.41, 5.74) is 3.84. The van der Waals surface area contributed by atoms with E-state index < -0.39 is 0 Å². The van der Waals surface area contributed by atoms with Crippen LogP contribution >= 0.6 is 0 Å². The molecule has 0 spiro atoms. The molecule has 100 valence electrons. The Morgan fingerprint density at radius 1 is 0.889 bits per heavy atom. The fourth-order valence-corrected chi connectivity index (χ4v) is 1.93. The molecule has 0 atom stereocenters. The van der Waals surface area contributed by atoms with Crippen LogP contribution in [0.4, 0.5) is 0 Å². The summed E-state index contributed by atoms with van der Waals surface area (Å²) in [4.78, 5) is 0. The molecular weight excluding hydrogens is 219 g/mol. The molecule has 0 aliphatic rings. The van der Waals surface area contributed by atoms with Gasteiger partial charge in [-0.15, -0.1) is 0 Å². The van der Waals surface area contributed by atoms with Gasteiger partial charge in [0.05, 0.1) is 5.60 Å². The van der Waals surface area contributed by atoms with Gasteiger partial charge in [-0.1, -0.05) is 56.9 Å². The average molecular weight is 246 g/mol. The second-order valence-corrected chi connectivity index (χ2v) is 6.94. The van der Waals surface area contributed by atoms with Crippen molar-refractivity contribution in [3.05, 3.63) is 29.3 Å². The SMILES string of the molecule is CB(OC(C)(C)C(C)(C)C)c1cc(C)cc(C)c1. The van der Waals surface area contributed by atoms with E-state index in [0.717, 1.165) is 0 Å². The maximum Gasteiger partial charge on any atom is 0.324 e. The minimum atomic E-state index is -0.149. The first-order chi connectivity index (χ1) is 8.03. The Hall–Kier alpha value is -0.755. The lowest BCUT2D eigenvalue weighted by Crippen LogP contribution is -2.47. The van der Waals surface area contributed by atoms with Crippen LogP contribution in [-0.2, 0) is 4.65 Å². The highest BCUT2D eigenvalue weighted by Crippen LogP contribution is 2.33. The van der Waals surface area contributed by atoms with Crippen molar-refractivity contribution in [3.8, 4) is 0 Å². The van der Waals surface area contributed by atoms with E-state index in [4.69, 9.17) is 4.65 Å². The summed E-state index contributed by atoms with van der Waals surface area (Å²) >= 11 is 0. The van der Waals surface area contributed by atoms with Gasteiger partial charge in [0.1, 0.15) is 0 Å². The zero-order chi connectivity index (χ0) is 14.1. The first-order valence-electron chi connectivity index (χ1n) is 6.79.